The molecule has 0 radical (unpaired) electrons. The SMILES string of the molecule is CN(C)c1ccc(Cc2nnc([C@@H]3CC[C@@H]4CN3C(=O)N4OS(=O)(=O)O)o2)cc1. The average Bonchev–Trinajstić information content (AvgIpc) is 3.21. The van der Waals surface area contributed by atoms with Crippen LogP contribution < -0.4 is 4.90 Å². The lowest BCUT2D eigenvalue weighted by atomic mass is 10.0. The van der Waals surface area contributed by atoms with Gasteiger partial charge in [-0.2, -0.15) is 13.5 Å². The Labute approximate surface area is 167 Å². The van der Waals surface area contributed by atoms with Gasteiger partial charge in [0.25, 0.3) is 0 Å². The third-order valence-corrected chi connectivity index (χ3v) is 5.42. The van der Waals surface area contributed by atoms with Gasteiger partial charge >= 0.3 is 16.4 Å². The zero-order valence-corrected chi connectivity index (χ0v) is 16.7. The minimum atomic E-state index is -4.78. The second kappa shape index (κ2) is 7.28. The van der Waals surface area contributed by atoms with Gasteiger partial charge < -0.3 is 14.2 Å². The van der Waals surface area contributed by atoms with Crippen molar-refractivity contribution in [3.8, 4) is 0 Å². The summed E-state index contributed by atoms with van der Waals surface area (Å²) in [5, 5.41) is 8.86. The van der Waals surface area contributed by atoms with E-state index in [0.717, 1.165) is 11.3 Å². The molecule has 2 amide bonds. The Bertz CT molecular complexity index is 1010. The predicted molar refractivity (Wildman–Crippen MR) is 100 cm³/mol. The largest absolute Gasteiger partial charge is 0.423 e. The first kappa shape index (κ1) is 19.6. The van der Waals surface area contributed by atoms with Crippen LogP contribution in [0.15, 0.2) is 28.7 Å². The summed E-state index contributed by atoms with van der Waals surface area (Å²) in [5.41, 5.74) is 2.10. The Morgan fingerprint density at radius 3 is 2.62 bits per heavy atom. The minimum Gasteiger partial charge on any atom is -0.423 e. The van der Waals surface area contributed by atoms with Crippen molar-refractivity contribution in [3.05, 3.63) is 41.6 Å². The van der Waals surface area contributed by atoms with Crippen LogP contribution in [0.1, 0.15) is 36.2 Å². The molecule has 1 aromatic carbocycles. The zero-order valence-electron chi connectivity index (χ0n) is 15.9. The Hall–Kier alpha value is -2.70. The summed E-state index contributed by atoms with van der Waals surface area (Å²) < 4.78 is 41.1. The van der Waals surface area contributed by atoms with Gasteiger partial charge in [0.15, 0.2) is 0 Å². The van der Waals surface area contributed by atoms with Crippen molar-refractivity contribution >= 4 is 22.1 Å². The molecule has 1 aromatic heterocycles. The average molecular weight is 423 g/mol. The molecule has 2 fully saturated rings. The molecule has 0 unspecified atom stereocenters. The molecule has 4 rings (SSSR count). The van der Waals surface area contributed by atoms with E-state index in [2.05, 4.69) is 14.5 Å². The number of nitrogens with zero attached hydrogens (tertiary/aromatic N) is 5. The van der Waals surface area contributed by atoms with Crippen molar-refractivity contribution in [1.29, 1.82) is 0 Å². The highest BCUT2D eigenvalue weighted by Crippen LogP contribution is 2.38. The first-order valence-corrected chi connectivity index (χ1v) is 10.4. The molecule has 2 bridgehead atoms. The highest BCUT2D eigenvalue weighted by molar-refractivity contribution is 7.80. The van der Waals surface area contributed by atoms with Crippen LogP contribution in [0.4, 0.5) is 10.5 Å². The molecule has 12 heteroatoms. The van der Waals surface area contributed by atoms with Crippen molar-refractivity contribution in [1.82, 2.24) is 20.2 Å². The molecular formula is C17H21N5O6S. The van der Waals surface area contributed by atoms with E-state index in [1.165, 1.54) is 4.90 Å². The van der Waals surface area contributed by atoms with Crippen LogP contribution in [0.5, 0.6) is 0 Å². The van der Waals surface area contributed by atoms with Gasteiger partial charge in [0, 0.05) is 26.3 Å². The Balaban J connectivity index is 1.46. The second-order valence-electron chi connectivity index (χ2n) is 7.28. The first-order valence-electron chi connectivity index (χ1n) is 9.06. The van der Waals surface area contributed by atoms with E-state index < -0.39 is 28.5 Å². The normalized spacial score (nSPS) is 21.7. The Kier molecular flexibility index (Phi) is 4.92. The number of fused-ring (bicyclic) bond motifs is 2. The van der Waals surface area contributed by atoms with Crippen LogP contribution in [0.2, 0.25) is 0 Å². The van der Waals surface area contributed by atoms with E-state index in [0.29, 0.717) is 36.1 Å². The maximum atomic E-state index is 12.5. The number of carbonyl (C=O) groups is 1. The summed E-state index contributed by atoms with van der Waals surface area (Å²) in [6, 6.07) is 6.39. The molecule has 1 N–H and O–H groups in total. The number of hydrogen-bond donors (Lipinski definition) is 1. The molecule has 2 atom stereocenters. The maximum Gasteiger partial charge on any atom is 0.418 e. The fraction of sp³-hybridized carbons (Fsp3) is 0.471. The standard InChI is InChI=1S/C17H21N5O6S/c1-20(2)12-5-3-11(4-6-12)9-15-18-19-16(27-15)14-8-7-13-10-21(14)17(23)22(13)28-29(24,25)26/h3-6,13-14H,7-10H2,1-2H3,(H,24,25,26)/t13-,14+/m1/s1. The van der Waals surface area contributed by atoms with Gasteiger partial charge in [-0.05, 0) is 30.5 Å². The number of carbonyl (C=O) groups excluding carboxylic acids is 1. The van der Waals surface area contributed by atoms with E-state index in [1.807, 2.05) is 43.3 Å². The van der Waals surface area contributed by atoms with E-state index >= 15 is 0 Å². The molecule has 0 aliphatic carbocycles. The predicted octanol–water partition coefficient (Wildman–Crippen LogP) is 1.40. The highest BCUT2D eigenvalue weighted by atomic mass is 32.3. The summed E-state index contributed by atoms with van der Waals surface area (Å²) in [6.07, 6.45) is 1.45. The monoisotopic (exact) mass is 423 g/mol. The summed E-state index contributed by atoms with van der Waals surface area (Å²) >= 11 is 0. The van der Waals surface area contributed by atoms with Crippen LogP contribution in [0.25, 0.3) is 0 Å². The summed E-state index contributed by atoms with van der Waals surface area (Å²) in [6.45, 7) is 0.253. The smallest absolute Gasteiger partial charge is 0.418 e. The lowest BCUT2D eigenvalue weighted by molar-refractivity contribution is -0.0317. The number of benzene rings is 1. The van der Waals surface area contributed by atoms with Crippen LogP contribution in [-0.2, 0) is 21.1 Å². The topological polar surface area (TPSA) is 129 Å². The molecule has 3 heterocycles. The minimum absolute atomic E-state index is 0.253. The van der Waals surface area contributed by atoms with Crippen molar-refractivity contribution < 1.29 is 26.5 Å². The van der Waals surface area contributed by atoms with Gasteiger partial charge in [0.2, 0.25) is 11.8 Å². The Morgan fingerprint density at radius 2 is 1.97 bits per heavy atom. The number of piperidine rings is 1. The van der Waals surface area contributed by atoms with E-state index in [4.69, 9.17) is 8.97 Å². The number of aromatic nitrogens is 2. The van der Waals surface area contributed by atoms with Crippen LogP contribution in [-0.4, -0.2) is 65.8 Å². The molecule has 0 spiro atoms. The molecule has 2 aromatic rings. The number of amides is 2. The van der Waals surface area contributed by atoms with Crippen molar-refractivity contribution in [3.63, 3.8) is 0 Å². The first-order chi connectivity index (χ1) is 13.7. The van der Waals surface area contributed by atoms with E-state index in [1.54, 1.807) is 0 Å². The van der Waals surface area contributed by atoms with Gasteiger partial charge in [-0.3, -0.25) is 4.55 Å². The Morgan fingerprint density at radius 1 is 1.24 bits per heavy atom. The van der Waals surface area contributed by atoms with Crippen LogP contribution in [0, 0.1) is 0 Å². The van der Waals surface area contributed by atoms with Gasteiger partial charge in [-0.1, -0.05) is 12.1 Å². The number of urea groups is 1. The van der Waals surface area contributed by atoms with Crippen molar-refractivity contribution in [2.75, 3.05) is 25.5 Å². The summed E-state index contributed by atoms with van der Waals surface area (Å²) in [5.74, 6) is 0.725. The number of anilines is 1. The maximum absolute atomic E-state index is 12.5. The van der Waals surface area contributed by atoms with Crippen molar-refractivity contribution in [2.45, 2.75) is 31.3 Å². The second-order valence-corrected chi connectivity index (χ2v) is 8.29. The quantitative estimate of drug-likeness (QED) is 0.685. The van der Waals surface area contributed by atoms with E-state index in [9.17, 15) is 13.2 Å². The van der Waals surface area contributed by atoms with Crippen LogP contribution >= 0.6 is 0 Å². The lowest BCUT2D eigenvalue weighted by Crippen LogP contribution is -2.35. The highest BCUT2D eigenvalue weighted by Gasteiger charge is 2.49. The van der Waals surface area contributed by atoms with E-state index in [-0.39, 0.29) is 6.54 Å². The number of hydrogen-bond acceptors (Lipinski definition) is 8. The molecule has 11 nitrogen and oxygen atoms in total. The van der Waals surface area contributed by atoms with Gasteiger partial charge in [0.05, 0.1) is 12.5 Å². The van der Waals surface area contributed by atoms with Gasteiger partial charge in [0.1, 0.15) is 6.04 Å². The van der Waals surface area contributed by atoms with Crippen molar-refractivity contribution in [2.24, 2.45) is 0 Å². The summed E-state index contributed by atoms with van der Waals surface area (Å²) in [4.78, 5) is 15.9. The fourth-order valence-corrected chi connectivity index (χ4v) is 4.04. The zero-order chi connectivity index (χ0) is 20.8. The lowest BCUT2D eigenvalue weighted by Gasteiger charge is -2.27. The molecule has 29 heavy (non-hydrogen) atoms. The van der Waals surface area contributed by atoms with Gasteiger partial charge in [-0.15, -0.1) is 14.5 Å². The van der Waals surface area contributed by atoms with Gasteiger partial charge in [-0.25, -0.2) is 4.79 Å². The third kappa shape index (κ3) is 4.04. The summed E-state index contributed by atoms with van der Waals surface area (Å²) in [7, 11) is -0.840. The molecule has 0 saturated carbocycles. The van der Waals surface area contributed by atoms with Crippen LogP contribution in [0.3, 0.4) is 0 Å². The molecular weight excluding hydrogens is 402 g/mol. The molecule has 2 aliphatic heterocycles. The molecule has 2 aliphatic rings. The third-order valence-electron chi connectivity index (χ3n) is 5.07. The fourth-order valence-electron chi connectivity index (χ4n) is 3.65. The molecule has 2 saturated heterocycles. The number of hydroxylamine groups is 2. The molecule has 156 valence electrons. The number of rotatable bonds is 6.